The van der Waals surface area contributed by atoms with Gasteiger partial charge in [0.15, 0.2) is 11.5 Å². The maximum absolute atomic E-state index is 4.94. The van der Waals surface area contributed by atoms with Crippen molar-refractivity contribution in [3.05, 3.63) is 90.4 Å². The standard InChI is InChI=1S/C26H15N3S2/c1-2-5-18(6-3-1)29-21-7-4-13-27-25(21)28-26(29)22-15-17-9-11-19-20(24(17)31-22)10-8-16-12-14-30-23(16)19/h1-15H. The highest BCUT2D eigenvalue weighted by Crippen LogP contribution is 2.41. The summed E-state index contributed by atoms with van der Waals surface area (Å²) in [5, 5.41) is 7.37. The molecule has 0 amide bonds. The molecule has 0 unspecified atom stereocenters. The summed E-state index contributed by atoms with van der Waals surface area (Å²) in [5.74, 6) is 0.937. The van der Waals surface area contributed by atoms with Crippen molar-refractivity contribution in [1.82, 2.24) is 14.5 Å². The molecule has 7 aromatic rings. The highest BCUT2D eigenvalue weighted by atomic mass is 32.1. The number of rotatable bonds is 2. The second-order valence-electron chi connectivity index (χ2n) is 7.55. The van der Waals surface area contributed by atoms with E-state index < -0.39 is 0 Å². The lowest BCUT2D eigenvalue weighted by Gasteiger charge is -2.07. The lowest BCUT2D eigenvalue weighted by molar-refractivity contribution is 1.11. The van der Waals surface area contributed by atoms with Crippen molar-refractivity contribution in [2.45, 2.75) is 0 Å². The minimum Gasteiger partial charge on any atom is -0.290 e. The summed E-state index contributed by atoms with van der Waals surface area (Å²) >= 11 is 3.62. The van der Waals surface area contributed by atoms with Gasteiger partial charge in [-0.25, -0.2) is 9.97 Å². The van der Waals surface area contributed by atoms with Crippen molar-refractivity contribution in [3.63, 3.8) is 0 Å². The molecule has 5 heteroatoms. The molecule has 0 atom stereocenters. The molecule has 7 rings (SSSR count). The number of imidazole rings is 1. The fourth-order valence-electron chi connectivity index (χ4n) is 4.36. The first-order chi connectivity index (χ1) is 15.4. The third kappa shape index (κ3) is 2.51. The number of fused-ring (bicyclic) bond motifs is 6. The second kappa shape index (κ2) is 6.48. The fraction of sp³-hybridized carbons (Fsp3) is 0. The van der Waals surface area contributed by atoms with E-state index in [2.05, 4.69) is 81.7 Å². The Morgan fingerprint density at radius 2 is 1.58 bits per heavy atom. The Hall–Kier alpha value is -3.54. The van der Waals surface area contributed by atoms with E-state index in [1.54, 1.807) is 6.20 Å². The van der Waals surface area contributed by atoms with Gasteiger partial charge in [-0.05, 0) is 52.6 Å². The molecule has 4 aromatic heterocycles. The fourth-order valence-corrected chi connectivity index (χ4v) is 6.45. The molecule has 31 heavy (non-hydrogen) atoms. The first-order valence-electron chi connectivity index (χ1n) is 10.1. The van der Waals surface area contributed by atoms with Crippen molar-refractivity contribution in [2.24, 2.45) is 0 Å². The predicted octanol–water partition coefficient (Wildman–Crippen LogP) is 7.67. The second-order valence-corrected chi connectivity index (χ2v) is 9.52. The summed E-state index contributed by atoms with van der Waals surface area (Å²) in [5.41, 5.74) is 2.88. The van der Waals surface area contributed by atoms with E-state index in [9.17, 15) is 0 Å². The van der Waals surface area contributed by atoms with Crippen LogP contribution in [-0.2, 0) is 0 Å². The third-order valence-corrected chi connectivity index (χ3v) is 7.90. The lowest BCUT2D eigenvalue weighted by Crippen LogP contribution is -1.95. The zero-order chi connectivity index (χ0) is 20.4. The van der Waals surface area contributed by atoms with Crippen molar-refractivity contribution in [3.8, 4) is 16.4 Å². The molecule has 0 spiro atoms. The number of benzene rings is 3. The maximum Gasteiger partial charge on any atom is 0.178 e. The van der Waals surface area contributed by atoms with Crippen molar-refractivity contribution >= 4 is 64.8 Å². The Morgan fingerprint density at radius 3 is 2.48 bits per heavy atom. The molecule has 3 nitrogen and oxygen atoms in total. The van der Waals surface area contributed by atoms with Gasteiger partial charge in [0.05, 0.1) is 10.4 Å². The van der Waals surface area contributed by atoms with Gasteiger partial charge in [0.2, 0.25) is 0 Å². The highest BCUT2D eigenvalue weighted by molar-refractivity contribution is 7.23. The number of hydrogen-bond donors (Lipinski definition) is 0. The summed E-state index contributed by atoms with van der Waals surface area (Å²) in [6.45, 7) is 0. The molecule has 0 radical (unpaired) electrons. The van der Waals surface area contributed by atoms with Gasteiger partial charge in [-0.15, -0.1) is 22.7 Å². The SMILES string of the molecule is c1ccc(-n2c(-c3cc4ccc5c(ccc6ccsc65)c4s3)nc3ncccc32)cc1. The van der Waals surface area contributed by atoms with Gasteiger partial charge in [0, 0.05) is 32.1 Å². The topological polar surface area (TPSA) is 30.7 Å². The molecule has 0 N–H and O–H groups in total. The first-order valence-corrected chi connectivity index (χ1v) is 11.8. The van der Waals surface area contributed by atoms with E-state index in [-0.39, 0.29) is 0 Å². The summed E-state index contributed by atoms with van der Waals surface area (Å²) in [6, 6.07) is 27.9. The predicted molar refractivity (Wildman–Crippen MR) is 133 cm³/mol. The molecule has 0 aliphatic carbocycles. The largest absolute Gasteiger partial charge is 0.290 e. The third-order valence-electron chi connectivity index (χ3n) is 5.76. The Labute approximate surface area is 185 Å². The molecule has 0 saturated carbocycles. The van der Waals surface area contributed by atoms with Crippen LogP contribution in [0, 0.1) is 0 Å². The molecule has 0 saturated heterocycles. The Balaban J connectivity index is 1.54. The minimum absolute atomic E-state index is 0.768. The molecule has 0 aliphatic heterocycles. The maximum atomic E-state index is 4.94. The van der Waals surface area contributed by atoms with E-state index in [1.165, 1.54) is 30.9 Å². The van der Waals surface area contributed by atoms with Gasteiger partial charge < -0.3 is 0 Å². The van der Waals surface area contributed by atoms with Gasteiger partial charge in [0.25, 0.3) is 0 Å². The van der Waals surface area contributed by atoms with Gasteiger partial charge >= 0.3 is 0 Å². The zero-order valence-electron chi connectivity index (χ0n) is 16.3. The molecule has 3 aromatic carbocycles. The van der Waals surface area contributed by atoms with E-state index in [4.69, 9.17) is 4.98 Å². The van der Waals surface area contributed by atoms with Crippen LogP contribution < -0.4 is 0 Å². The van der Waals surface area contributed by atoms with Crippen LogP contribution in [0.3, 0.4) is 0 Å². The van der Waals surface area contributed by atoms with Gasteiger partial charge in [-0.1, -0.05) is 42.5 Å². The van der Waals surface area contributed by atoms with Gasteiger partial charge in [-0.3, -0.25) is 4.57 Å². The first kappa shape index (κ1) is 17.2. The van der Waals surface area contributed by atoms with Crippen LogP contribution in [0.1, 0.15) is 0 Å². The van der Waals surface area contributed by atoms with E-state index in [1.807, 2.05) is 34.8 Å². The average molecular weight is 434 g/mol. The van der Waals surface area contributed by atoms with E-state index >= 15 is 0 Å². The molecular formula is C26H15N3S2. The van der Waals surface area contributed by atoms with Crippen LogP contribution in [0.25, 0.3) is 58.5 Å². The number of hydrogen-bond acceptors (Lipinski definition) is 4. The van der Waals surface area contributed by atoms with E-state index in [0.29, 0.717) is 0 Å². The van der Waals surface area contributed by atoms with Gasteiger partial charge in [0.1, 0.15) is 0 Å². The quantitative estimate of drug-likeness (QED) is 0.280. The number of aromatic nitrogens is 3. The molecule has 0 aliphatic rings. The van der Waals surface area contributed by atoms with Crippen LogP contribution in [-0.4, -0.2) is 14.5 Å². The Morgan fingerprint density at radius 1 is 0.742 bits per heavy atom. The van der Waals surface area contributed by atoms with Crippen LogP contribution in [0.4, 0.5) is 0 Å². The summed E-state index contributed by atoms with van der Waals surface area (Å²) in [6.07, 6.45) is 1.80. The molecule has 4 heterocycles. The highest BCUT2D eigenvalue weighted by Gasteiger charge is 2.18. The van der Waals surface area contributed by atoms with Crippen molar-refractivity contribution < 1.29 is 0 Å². The van der Waals surface area contributed by atoms with Crippen LogP contribution in [0.2, 0.25) is 0 Å². The summed E-state index contributed by atoms with van der Waals surface area (Å²) < 4.78 is 4.88. The lowest BCUT2D eigenvalue weighted by atomic mass is 10.1. The smallest absolute Gasteiger partial charge is 0.178 e. The normalized spacial score (nSPS) is 11.9. The number of nitrogens with zero attached hydrogens (tertiary/aromatic N) is 3. The number of para-hydroxylation sites is 1. The minimum atomic E-state index is 0.768. The number of thiophene rings is 2. The molecule has 0 fully saturated rings. The van der Waals surface area contributed by atoms with E-state index in [0.717, 1.165) is 27.6 Å². The molecule has 146 valence electrons. The zero-order valence-corrected chi connectivity index (χ0v) is 18.0. The molecular weight excluding hydrogens is 418 g/mol. The molecule has 0 bridgehead atoms. The van der Waals surface area contributed by atoms with Crippen molar-refractivity contribution in [1.29, 1.82) is 0 Å². The Bertz CT molecular complexity index is 1740. The monoisotopic (exact) mass is 433 g/mol. The Kier molecular flexibility index (Phi) is 3.59. The number of pyridine rings is 1. The van der Waals surface area contributed by atoms with Crippen LogP contribution in [0.5, 0.6) is 0 Å². The summed E-state index contributed by atoms with van der Waals surface area (Å²) in [7, 11) is 0. The van der Waals surface area contributed by atoms with Crippen LogP contribution in [0.15, 0.2) is 90.4 Å². The van der Waals surface area contributed by atoms with Gasteiger partial charge in [-0.2, -0.15) is 0 Å². The van der Waals surface area contributed by atoms with Crippen LogP contribution >= 0.6 is 22.7 Å². The average Bonchev–Trinajstić information content (AvgIpc) is 3.55. The summed E-state index contributed by atoms with van der Waals surface area (Å²) in [4.78, 5) is 10.6. The van der Waals surface area contributed by atoms with Crippen molar-refractivity contribution in [2.75, 3.05) is 0 Å².